The van der Waals surface area contributed by atoms with Crippen LogP contribution in [0.5, 0.6) is 0 Å². The fourth-order valence-electron chi connectivity index (χ4n) is 3.21. The topological polar surface area (TPSA) is 26.3 Å². The normalized spacial score (nSPS) is 26.1. The first-order valence-corrected chi connectivity index (χ1v) is 6.50. The van der Waals surface area contributed by atoms with E-state index in [0.29, 0.717) is 18.8 Å². The highest BCUT2D eigenvalue weighted by Gasteiger charge is 2.56. The Labute approximate surface area is 102 Å². The molecular weight excluding hydrogens is 212 g/mol. The van der Waals surface area contributed by atoms with Gasteiger partial charge in [0.25, 0.3) is 0 Å². The molecule has 0 aromatic heterocycles. The molecule has 2 aliphatic carbocycles. The van der Waals surface area contributed by atoms with Gasteiger partial charge in [-0.2, -0.15) is 0 Å². The molecule has 1 unspecified atom stereocenters. The predicted molar refractivity (Wildman–Crippen MR) is 65.5 cm³/mol. The molecule has 17 heavy (non-hydrogen) atoms. The van der Waals surface area contributed by atoms with Crippen LogP contribution in [0.15, 0.2) is 30.3 Å². The number of hydrogen-bond donors (Lipinski definition) is 0. The zero-order valence-electron chi connectivity index (χ0n) is 10.0. The SMILES string of the molecule is O=C1CC(OCc2ccccc2)C12CCCC2. The van der Waals surface area contributed by atoms with Gasteiger partial charge < -0.3 is 4.74 Å². The van der Waals surface area contributed by atoms with Crippen molar-refractivity contribution in [3.8, 4) is 0 Å². The van der Waals surface area contributed by atoms with Crippen molar-refractivity contribution in [3.05, 3.63) is 35.9 Å². The molecule has 0 heterocycles. The maximum absolute atomic E-state index is 11.8. The number of Topliss-reactive ketones (excluding diaryl/α,β-unsaturated/α-hetero) is 1. The van der Waals surface area contributed by atoms with Crippen LogP contribution < -0.4 is 0 Å². The summed E-state index contributed by atoms with van der Waals surface area (Å²) in [4.78, 5) is 11.8. The van der Waals surface area contributed by atoms with Crippen LogP contribution in [0.25, 0.3) is 0 Å². The van der Waals surface area contributed by atoms with Crippen LogP contribution >= 0.6 is 0 Å². The second-order valence-corrected chi connectivity index (χ2v) is 5.28. The lowest BCUT2D eigenvalue weighted by molar-refractivity contribution is -0.164. The highest BCUT2D eigenvalue weighted by Crippen LogP contribution is 2.52. The highest BCUT2D eigenvalue weighted by atomic mass is 16.5. The molecular formula is C15H18O2. The zero-order valence-corrected chi connectivity index (χ0v) is 10.0. The molecule has 2 aliphatic rings. The molecule has 0 radical (unpaired) electrons. The molecule has 1 aromatic rings. The van der Waals surface area contributed by atoms with Crippen molar-refractivity contribution in [1.29, 1.82) is 0 Å². The summed E-state index contributed by atoms with van der Waals surface area (Å²) in [6, 6.07) is 10.2. The Morgan fingerprint density at radius 1 is 1.18 bits per heavy atom. The van der Waals surface area contributed by atoms with Crippen LogP contribution in [-0.4, -0.2) is 11.9 Å². The van der Waals surface area contributed by atoms with E-state index in [2.05, 4.69) is 12.1 Å². The number of hydrogen-bond acceptors (Lipinski definition) is 2. The quantitative estimate of drug-likeness (QED) is 0.797. The second kappa shape index (κ2) is 4.26. The van der Waals surface area contributed by atoms with Gasteiger partial charge in [-0.05, 0) is 18.4 Å². The van der Waals surface area contributed by atoms with Gasteiger partial charge in [-0.3, -0.25) is 4.79 Å². The monoisotopic (exact) mass is 230 g/mol. The van der Waals surface area contributed by atoms with E-state index >= 15 is 0 Å². The fourth-order valence-corrected chi connectivity index (χ4v) is 3.21. The van der Waals surface area contributed by atoms with Crippen LogP contribution in [0.3, 0.4) is 0 Å². The Hall–Kier alpha value is -1.15. The molecule has 1 atom stereocenters. The summed E-state index contributed by atoms with van der Waals surface area (Å²) >= 11 is 0. The van der Waals surface area contributed by atoms with Crippen molar-refractivity contribution < 1.29 is 9.53 Å². The molecule has 3 rings (SSSR count). The summed E-state index contributed by atoms with van der Waals surface area (Å²) in [7, 11) is 0. The summed E-state index contributed by atoms with van der Waals surface area (Å²) in [5.41, 5.74) is 1.11. The van der Waals surface area contributed by atoms with Crippen molar-refractivity contribution in [2.24, 2.45) is 5.41 Å². The number of rotatable bonds is 3. The summed E-state index contributed by atoms with van der Waals surface area (Å²) in [6.07, 6.45) is 5.29. The van der Waals surface area contributed by atoms with Crippen molar-refractivity contribution in [2.75, 3.05) is 0 Å². The van der Waals surface area contributed by atoms with Crippen molar-refractivity contribution in [3.63, 3.8) is 0 Å². The van der Waals surface area contributed by atoms with E-state index in [1.54, 1.807) is 0 Å². The van der Waals surface area contributed by atoms with E-state index in [1.807, 2.05) is 18.2 Å². The minimum atomic E-state index is -0.0885. The van der Waals surface area contributed by atoms with Gasteiger partial charge in [0.1, 0.15) is 5.78 Å². The molecule has 0 aliphatic heterocycles. The van der Waals surface area contributed by atoms with Crippen molar-refractivity contribution >= 4 is 5.78 Å². The van der Waals surface area contributed by atoms with E-state index < -0.39 is 0 Å². The van der Waals surface area contributed by atoms with E-state index in [1.165, 1.54) is 18.4 Å². The van der Waals surface area contributed by atoms with E-state index in [9.17, 15) is 4.79 Å². The van der Waals surface area contributed by atoms with Gasteiger partial charge in [0.15, 0.2) is 0 Å². The molecule has 90 valence electrons. The third-order valence-corrected chi connectivity index (χ3v) is 4.33. The summed E-state index contributed by atoms with van der Waals surface area (Å²) in [5.74, 6) is 0.438. The van der Waals surface area contributed by atoms with Crippen LogP contribution in [-0.2, 0) is 16.1 Å². The first kappa shape index (κ1) is 11.0. The summed E-state index contributed by atoms with van der Waals surface area (Å²) < 4.78 is 5.95. The lowest BCUT2D eigenvalue weighted by Gasteiger charge is -2.44. The Bertz CT molecular complexity index is 404. The van der Waals surface area contributed by atoms with E-state index in [4.69, 9.17) is 4.74 Å². The number of benzene rings is 1. The number of carbonyl (C=O) groups is 1. The smallest absolute Gasteiger partial charge is 0.144 e. The number of ketones is 1. The van der Waals surface area contributed by atoms with Crippen LogP contribution in [0.4, 0.5) is 0 Å². The first-order valence-electron chi connectivity index (χ1n) is 6.50. The molecule has 0 N–H and O–H groups in total. The van der Waals surface area contributed by atoms with Gasteiger partial charge in [0, 0.05) is 6.42 Å². The third kappa shape index (κ3) is 1.81. The Balaban J connectivity index is 1.62. The summed E-state index contributed by atoms with van der Waals surface area (Å²) in [6.45, 7) is 0.639. The minimum absolute atomic E-state index is 0.0885. The van der Waals surface area contributed by atoms with E-state index in [0.717, 1.165) is 12.8 Å². The fraction of sp³-hybridized carbons (Fsp3) is 0.533. The van der Waals surface area contributed by atoms with Gasteiger partial charge in [-0.25, -0.2) is 0 Å². The molecule has 2 saturated carbocycles. The van der Waals surface area contributed by atoms with Crippen LogP contribution in [0.1, 0.15) is 37.7 Å². The average molecular weight is 230 g/mol. The van der Waals surface area contributed by atoms with Gasteiger partial charge in [0.2, 0.25) is 0 Å². The Morgan fingerprint density at radius 2 is 1.88 bits per heavy atom. The molecule has 0 amide bonds. The molecule has 1 spiro atoms. The molecule has 2 heteroatoms. The second-order valence-electron chi connectivity index (χ2n) is 5.28. The predicted octanol–water partition coefficient (Wildman–Crippen LogP) is 3.11. The third-order valence-electron chi connectivity index (χ3n) is 4.33. The van der Waals surface area contributed by atoms with Gasteiger partial charge in [-0.1, -0.05) is 43.2 Å². The van der Waals surface area contributed by atoms with Crippen LogP contribution in [0.2, 0.25) is 0 Å². The first-order chi connectivity index (χ1) is 8.31. The summed E-state index contributed by atoms with van der Waals surface area (Å²) in [5, 5.41) is 0. The molecule has 0 saturated heterocycles. The zero-order chi connectivity index (χ0) is 11.7. The standard InChI is InChI=1S/C15H18O2/c16-13-10-14(15(13)8-4-5-9-15)17-11-12-6-2-1-3-7-12/h1-3,6-7,14H,4-5,8-11H2. The Morgan fingerprint density at radius 3 is 2.53 bits per heavy atom. The van der Waals surface area contributed by atoms with Gasteiger partial charge in [0.05, 0.1) is 18.1 Å². The highest BCUT2D eigenvalue weighted by molar-refractivity contribution is 5.92. The lowest BCUT2D eigenvalue weighted by Crippen LogP contribution is -2.53. The molecule has 2 fully saturated rings. The Kier molecular flexibility index (Phi) is 2.75. The average Bonchev–Trinajstić information content (AvgIpc) is 2.88. The van der Waals surface area contributed by atoms with Gasteiger partial charge in [-0.15, -0.1) is 0 Å². The lowest BCUT2D eigenvalue weighted by atomic mass is 9.63. The molecule has 0 bridgehead atoms. The maximum Gasteiger partial charge on any atom is 0.144 e. The van der Waals surface area contributed by atoms with Crippen LogP contribution in [0, 0.1) is 5.41 Å². The number of ether oxygens (including phenoxy) is 1. The van der Waals surface area contributed by atoms with Crippen molar-refractivity contribution in [2.45, 2.75) is 44.8 Å². The minimum Gasteiger partial charge on any atom is -0.372 e. The molecule has 2 nitrogen and oxygen atoms in total. The van der Waals surface area contributed by atoms with E-state index in [-0.39, 0.29) is 11.5 Å². The largest absolute Gasteiger partial charge is 0.372 e. The maximum atomic E-state index is 11.8. The van der Waals surface area contributed by atoms with Gasteiger partial charge >= 0.3 is 0 Å². The molecule has 1 aromatic carbocycles. The van der Waals surface area contributed by atoms with Crippen molar-refractivity contribution in [1.82, 2.24) is 0 Å². The number of carbonyl (C=O) groups excluding carboxylic acids is 1.